The zero-order chi connectivity index (χ0) is 15.8. The zero-order valence-corrected chi connectivity index (χ0v) is 14.1. The molecule has 4 rings (SSSR count). The average molecular weight is 333 g/mol. The second-order valence-corrected chi connectivity index (χ2v) is 8.13. The highest BCUT2D eigenvalue weighted by Gasteiger charge is 2.45. The number of amides is 2. The van der Waals surface area contributed by atoms with E-state index in [1.165, 1.54) is 30.6 Å². The maximum Gasteiger partial charge on any atom is 0.231 e. The van der Waals surface area contributed by atoms with Gasteiger partial charge in [-0.1, -0.05) is 6.42 Å². The van der Waals surface area contributed by atoms with Gasteiger partial charge in [0.15, 0.2) is 5.13 Å². The van der Waals surface area contributed by atoms with E-state index >= 15 is 0 Å². The first kappa shape index (κ1) is 15.1. The molecule has 23 heavy (non-hydrogen) atoms. The summed E-state index contributed by atoms with van der Waals surface area (Å²) in [5.74, 6) is 1.83. The molecule has 0 aromatic carbocycles. The Labute approximate surface area is 140 Å². The Morgan fingerprint density at radius 2 is 2.17 bits per heavy atom. The minimum Gasteiger partial charge on any atom is -0.342 e. The number of thiazole rings is 1. The monoisotopic (exact) mass is 333 g/mol. The third kappa shape index (κ3) is 3.01. The van der Waals surface area contributed by atoms with Crippen LogP contribution in [0.25, 0.3) is 0 Å². The Balaban J connectivity index is 1.37. The van der Waals surface area contributed by atoms with Crippen molar-refractivity contribution in [2.24, 2.45) is 23.7 Å². The molecule has 1 aliphatic heterocycles. The third-order valence-corrected chi connectivity index (χ3v) is 6.51. The van der Waals surface area contributed by atoms with Crippen LogP contribution in [0.3, 0.4) is 0 Å². The molecule has 2 saturated carbocycles. The molecule has 6 heteroatoms. The number of fused-ring (bicyclic) bond motifs is 2. The number of aromatic nitrogens is 1. The van der Waals surface area contributed by atoms with Gasteiger partial charge in [0.2, 0.25) is 11.8 Å². The van der Waals surface area contributed by atoms with Gasteiger partial charge < -0.3 is 10.2 Å². The van der Waals surface area contributed by atoms with Crippen LogP contribution in [0.15, 0.2) is 11.6 Å². The van der Waals surface area contributed by atoms with Gasteiger partial charge in [0.05, 0.1) is 5.92 Å². The highest BCUT2D eigenvalue weighted by molar-refractivity contribution is 7.13. The normalized spacial score (nSPS) is 33.0. The minimum absolute atomic E-state index is 0.00499. The number of carbonyl (C=O) groups excluding carboxylic acids is 2. The van der Waals surface area contributed by atoms with Gasteiger partial charge >= 0.3 is 0 Å². The number of anilines is 1. The minimum atomic E-state index is -0.102. The third-order valence-electron chi connectivity index (χ3n) is 5.82. The van der Waals surface area contributed by atoms with E-state index in [9.17, 15) is 9.59 Å². The van der Waals surface area contributed by atoms with Crippen molar-refractivity contribution in [3.63, 3.8) is 0 Å². The van der Waals surface area contributed by atoms with Crippen LogP contribution in [0, 0.1) is 23.7 Å². The highest BCUT2D eigenvalue weighted by atomic mass is 32.1. The van der Waals surface area contributed by atoms with E-state index in [-0.39, 0.29) is 17.7 Å². The Kier molecular flexibility index (Phi) is 4.09. The highest BCUT2D eigenvalue weighted by Crippen LogP contribution is 2.49. The fraction of sp³-hybridized carbons (Fsp3) is 0.706. The van der Waals surface area contributed by atoms with Crippen molar-refractivity contribution in [1.82, 2.24) is 9.88 Å². The van der Waals surface area contributed by atoms with E-state index < -0.39 is 0 Å². The second kappa shape index (κ2) is 6.23. The standard InChI is InChI=1S/C17H23N3O2S/c21-15(19-17-18-5-7-23-17)13-2-1-6-20(10-13)16(22)14-9-11-3-4-12(14)8-11/h5,7,11-14H,1-4,6,8-10H2,(H,18,19,21)/t11-,12-,13+,14-/m0/s1. The van der Waals surface area contributed by atoms with E-state index in [1.54, 1.807) is 6.20 Å². The number of nitrogens with one attached hydrogen (secondary N) is 1. The Hall–Kier alpha value is -1.43. The molecule has 124 valence electrons. The van der Waals surface area contributed by atoms with Crippen LogP contribution in [0.2, 0.25) is 0 Å². The van der Waals surface area contributed by atoms with E-state index in [1.807, 2.05) is 10.3 Å². The SMILES string of the molecule is O=C(Nc1nccs1)[C@@H]1CCCN(C(=O)[C@H]2C[C@H]3CC[C@H]2C3)C1. The van der Waals surface area contributed by atoms with Crippen LogP contribution in [0.4, 0.5) is 5.13 Å². The van der Waals surface area contributed by atoms with Gasteiger partial charge in [-0.2, -0.15) is 0 Å². The van der Waals surface area contributed by atoms with E-state index in [2.05, 4.69) is 10.3 Å². The van der Waals surface area contributed by atoms with Crippen LogP contribution in [-0.4, -0.2) is 34.8 Å². The van der Waals surface area contributed by atoms with Gasteiger partial charge in [0, 0.05) is 30.6 Å². The summed E-state index contributed by atoms with van der Waals surface area (Å²) in [6.07, 6.45) is 8.33. The lowest BCUT2D eigenvalue weighted by atomic mass is 9.86. The summed E-state index contributed by atoms with van der Waals surface area (Å²) in [4.78, 5) is 31.3. The van der Waals surface area contributed by atoms with Crippen molar-refractivity contribution in [2.75, 3.05) is 18.4 Å². The molecule has 1 N–H and O–H groups in total. The predicted octanol–water partition coefficient (Wildman–Crippen LogP) is 2.76. The Morgan fingerprint density at radius 1 is 1.26 bits per heavy atom. The maximum atomic E-state index is 12.9. The van der Waals surface area contributed by atoms with Crippen LogP contribution >= 0.6 is 11.3 Å². The van der Waals surface area contributed by atoms with E-state index in [0.717, 1.165) is 31.7 Å². The summed E-state index contributed by atoms with van der Waals surface area (Å²) >= 11 is 1.43. The van der Waals surface area contributed by atoms with Crippen LogP contribution in [0.1, 0.15) is 38.5 Å². The molecule has 2 heterocycles. The number of carbonyl (C=O) groups is 2. The fourth-order valence-electron chi connectivity index (χ4n) is 4.67. The molecule has 3 aliphatic rings. The molecule has 1 saturated heterocycles. The molecule has 2 bridgehead atoms. The van der Waals surface area contributed by atoms with Gasteiger partial charge in [-0.05, 0) is 43.9 Å². The van der Waals surface area contributed by atoms with Gasteiger partial charge in [0.25, 0.3) is 0 Å². The summed E-state index contributed by atoms with van der Waals surface area (Å²) in [7, 11) is 0. The largest absolute Gasteiger partial charge is 0.342 e. The molecule has 3 fully saturated rings. The van der Waals surface area contributed by atoms with Crippen LogP contribution < -0.4 is 5.32 Å². The molecular formula is C17H23N3O2S. The molecular weight excluding hydrogens is 310 g/mol. The first-order chi connectivity index (χ1) is 11.2. The summed E-state index contributed by atoms with van der Waals surface area (Å²) in [6, 6.07) is 0. The lowest BCUT2D eigenvalue weighted by molar-refractivity contribution is -0.140. The van der Waals surface area contributed by atoms with Crippen molar-refractivity contribution < 1.29 is 9.59 Å². The molecule has 0 spiro atoms. The zero-order valence-electron chi connectivity index (χ0n) is 13.2. The number of hydrogen-bond donors (Lipinski definition) is 1. The molecule has 0 radical (unpaired) electrons. The quantitative estimate of drug-likeness (QED) is 0.925. The van der Waals surface area contributed by atoms with Crippen LogP contribution in [-0.2, 0) is 9.59 Å². The number of rotatable bonds is 3. The second-order valence-electron chi connectivity index (χ2n) is 7.23. The van der Waals surface area contributed by atoms with Crippen molar-refractivity contribution in [3.05, 3.63) is 11.6 Å². The number of hydrogen-bond acceptors (Lipinski definition) is 4. The molecule has 1 aromatic rings. The van der Waals surface area contributed by atoms with Gasteiger partial charge in [-0.25, -0.2) is 4.98 Å². The van der Waals surface area contributed by atoms with Crippen molar-refractivity contribution in [1.29, 1.82) is 0 Å². The predicted molar refractivity (Wildman–Crippen MR) is 89.0 cm³/mol. The maximum absolute atomic E-state index is 12.9. The number of nitrogens with zero attached hydrogens (tertiary/aromatic N) is 2. The molecule has 1 aromatic heterocycles. The summed E-state index contributed by atoms with van der Waals surface area (Å²) < 4.78 is 0. The summed E-state index contributed by atoms with van der Waals surface area (Å²) in [5.41, 5.74) is 0. The molecule has 2 amide bonds. The van der Waals surface area contributed by atoms with E-state index in [0.29, 0.717) is 23.5 Å². The Bertz CT molecular complexity index is 589. The Morgan fingerprint density at radius 3 is 2.87 bits per heavy atom. The summed E-state index contributed by atoms with van der Waals surface area (Å²) in [5, 5.41) is 5.37. The average Bonchev–Trinajstić information content (AvgIpc) is 3.32. The van der Waals surface area contributed by atoms with Crippen molar-refractivity contribution >= 4 is 28.3 Å². The van der Waals surface area contributed by atoms with Crippen molar-refractivity contribution in [2.45, 2.75) is 38.5 Å². The smallest absolute Gasteiger partial charge is 0.231 e. The first-order valence-corrected chi connectivity index (χ1v) is 9.58. The van der Waals surface area contributed by atoms with E-state index in [4.69, 9.17) is 0 Å². The number of piperidine rings is 1. The van der Waals surface area contributed by atoms with Gasteiger partial charge in [-0.15, -0.1) is 11.3 Å². The van der Waals surface area contributed by atoms with Crippen molar-refractivity contribution in [3.8, 4) is 0 Å². The fourth-order valence-corrected chi connectivity index (χ4v) is 5.20. The van der Waals surface area contributed by atoms with Crippen LogP contribution in [0.5, 0.6) is 0 Å². The lowest BCUT2D eigenvalue weighted by Gasteiger charge is -2.35. The first-order valence-electron chi connectivity index (χ1n) is 8.70. The molecule has 4 atom stereocenters. The molecule has 5 nitrogen and oxygen atoms in total. The number of likely N-dealkylation sites (tertiary alicyclic amines) is 1. The topological polar surface area (TPSA) is 62.3 Å². The molecule has 0 unspecified atom stereocenters. The van der Waals surface area contributed by atoms with Gasteiger partial charge in [0.1, 0.15) is 0 Å². The lowest BCUT2D eigenvalue weighted by Crippen LogP contribution is -2.46. The molecule has 2 aliphatic carbocycles. The summed E-state index contributed by atoms with van der Waals surface area (Å²) in [6.45, 7) is 1.39. The van der Waals surface area contributed by atoms with Gasteiger partial charge in [-0.3, -0.25) is 9.59 Å².